The molecule has 0 aliphatic carbocycles. The molecule has 1 aliphatic rings. The molecule has 0 saturated carbocycles. The maximum atomic E-state index is 8.85. The molecule has 1 aromatic rings. The van der Waals surface area contributed by atoms with Crippen molar-refractivity contribution in [2.24, 2.45) is 10.9 Å². The molecule has 5 nitrogen and oxygen atoms in total. The van der Waals surface area contributed by atoms with Crippen molar-refractivity contribution in [1.82, 2.24) is 4.90 Å². The number of hydrogen-bond donors (Lipinski definition) is 2. The molecule has 20 heavy (non-hydrogen) atoms. The summed E-state index contributed by atoms with van der Waals surface area (Å²) in [5.74, 6) is 0.316. The lowest BCUT2D eigenvalue weighted by Gasteiger charge is -2.39. The molecule has 1 saturated heterocycles. The van der Waals surface area contributed by atoms with Crippen LogP contribution in [0.5, 0.6) is 0 Å². The molecule has 1 unspecified atom stereocenters. The largest absolute Gasteiger partial charge is 0.409 e. The van der Waals surface area contributed by atoms with E-state index in [1.165, 1.54) is 11.3 Å². The van der Waals surface area contributed by atoms with Gasteiger partial charge in [-0.3, -0.25) is 4.90 Å². The molecule has 2 rings (SSSR count). The number of nitrogens with zero attached hydrogens (tertiary/aromatic N) is 3. The molecular formula is C15H24N4O. The van der Waals surface area contributed by atoms with Crippen LogP contribution in [-0.2, 0) is 0 Å². The van der Waals surface area contributed by atoms with Gasteiger partial charge in [-0.1, -0.05) is 24.2 Å². The van der Waals surface area contributed by atoms with Crippen LogP contribution in [0.3, 0.4) is 0 Å². The zero-order valence-electron chi connectivity index (χ0n) is 12.3. The van der Waals surface area contributed by atoms with Gasteiger partial charge >= 0.3 is 0 Å². The fourth-order valence-corrected chi connectivity index (χ4v) is 2.84. The molecule has 3 N–H and O–H groups in total. The summed E-state index contributed by atoms with van der Waals surface area (Å²) in [4.78, 5) is 4.68. The second-order valence-electron chi connectivity index (χ2n) is 5.31. The molecule has 0 aromatic heterocycles. The van der Waals surface area contributed by atoms with Crippen molar-refractivity contribution >= 4 is 11.5 Å². The number of aryl methyl sites for hydroxylation is 1. The van der Waals surface area contributed by atoms with Gasteiger partial charge in [-0.2, -0.15) is 0 Å². The van der Waals surface area contributed by atoms with Crippen molar-refractivity contribution in [1.29, 1.82) is 0 Å². The molecule has 1 heterocycles. The molecule has 5 heteroatoms. The van der Waals surface area contributed by atoms with Crippen molar-refractivity contribution in [2.45, 2.75) is 26.3 Å². The molecular weight excluding hydrogens is 252 g/mol. The van der Waals surface area contributed by atoms with E-state index >= 15 is 0 Å². The van der Waals surface area contributed by atoms with Gasteiger partial charge in [-0.05, 0) is 31.0 Å². The SMILES string of the molecule is CCC(C(N)=NO)N1CCN(c2cccc(C)c2)CC1. The Morgan fingerprint density at radius 2 is 2.05 bits per heavy atom. The lowest BCUT2D eigenvalue weighted by Crippen LogP contribution is -2.54. The summed E-state index contributed by atoms with van der Waals surface area (Å²) in [5, 5.41) is 12.0. The summed E-state index contributed by atoms with van der Waals surface area (Å²) in [6.45, 7) is 7.99. The van der Waals surface area contributed by atoms with Crippen molar-refractivity contribution < 1.29 is 5.21 Å². The summed E-state index contributed by atoms with van der Waals surface area (Å²) >= 11 is 0. The number of benzene rings is 1. The van der Waals surface area contributed by atoms with Gasteiger partial charge in [0.1, 0.15) is 0 Å². The van der Waals surface area contributed by atoms with E-state index in [2.05, 4.69) is 53.1 Å². The van der Waals surface area contributed by atoms with Crippen LogP contribution in [0.4, 0.5) is 5.69 Å². The number of amidine groups is 1. The first kappa shape index (κ1) is 14.7. The zero-order valence-corrected chi connectivity index (χ0v) is 12.3. The minimum absolute atomic E-state index is 0.0414. The van der Waals surface area contributed by atoms with Crippen LogP contribution in [0.2, 0.25) is 0 Å². The third kappa shape index (κ3) is 3.22. The van der Waals surface area contributed by atoms with Gasteiger partial charge in [0.2, 0.25) is 0 Å². The average molecular weight is 276 g/mol. The normalized spacial score (nSPS) is 19.1. The van der Waals surface area contributed by atoms with E-state index in [1.807, 2.05) is 0 Å². The van der Waals surface area contributed by atoms with Crippen LogP contribution in [0, 0.1) is 6.92 Å². The highest BCUT2D eigenvalue weighted by atomic mass is 16.4. The van der Waals surface area contributed by atoms with Gasteiger partial charge in [0.05, 0.1) is 6.04 Å². The lowest BCUT2D eigenvalue weighted by atomic mass is 10.1. The molecule has 0 radical (unpaired) electrons. The molecule has 0 amide bonds. The number of piperazine rings is 1. The smallest absolute Gasteiger partial charge is 0.156 e. The first-order chi connectivity index (χ1) is 9.65. The Bertz CT molecular complexity index is 467. The standard InChI is InChI=1S/C15H24N4O/c1-3-14(15(16)17-20)19-9-7-18(8-10-19)13-6-4-5-12(2)11-13/h4-6,11,14,20H,3,7-10H2,1-2H3,(H2,16,17). The van der Waals surface area contributed by atoms with Crippen LogP contribution >= 0.6 is 0 Å². The van der Waals surface area contributed by atoms with Gasteiger partial charge in [-0.25, -0.2) is 0 Å². The van der Waals surface area contributed by atoms with Gasteiger partial charge in [-0.15, -0.1) is 0 Å². The number of rotatable bonds is 4. The molecule has 110 valence electrons. The molecule has 0 bridgehead atoms. The number of oxime groups is 1. The molecule has 0 spiro atoms. The average Bonchev–Trinajstić information content (AvgIpc) is 2.48. The van der Waals surface area contributed by atoms with Crippen LogP contribution in [0.15, 0.2) is 29.4 Å². The summed E-state index contributed by atoms with van der Waals surface area (Å²) in [6, 6.07) is 8.63. The van der Waals surface area contributed by atoms with Crippen LogP contribution in [0.1, 0.15) is 18.9 Å². The van der Waals surface area contributed by atoms with E-state index < -0.39 is 0 Å². The van der Waals surface area contributed by atoms with Crippen LogP contribution < -0.4 is 10.6 Å². The molecule has 1 aliphatic heterocycles. The van der Waals surface area contributed by atoms with Crippen molar-refractivity contribution in [3.05, 3.63) is 29.8 Å². The number of nitrogens with two attached hydrogens (primary N) is 1. The van der Waals surface area contributed by atoms with Gasteiger partial charge in [0, 0.05) is 31.9 Å². The quantitative estimate of drug-likeness (QED) is 0.380. The minimum Gasteiger partial charge on any atom is -0.409 e. The van der Waals surface area contributed by atoms with Gasteiger partial charge in [0.15, 0.2) is 5.84 Å². The van der Waals surface area contributed by atoms with Crippen molar-refractivity contribution in [3.63, 3.8) is 0 Å². The second-order valence-corrected chi connectivity index (χ2v) is 5.31. The Balaban J connectivity index is 1.98. The predicted molar refractivity (Wildman–Crippen MR) is 82.5 cm³/mol. The fraction of sp³-hybridized carbons (Fsp3) is 0.533. The Morgan fingerprint density at radius 3 is 2.60 bits per heavy atom. The highest BCUT2D eigenvalue weighted by Gasteiger charge is 2.25. The predicted octanol–water partition coefficient (Wildman–Crippen LogP) is 1.64. The van der Waals surface area contributed by atoms with E-state index in [4.69, 9.17) is 10.9 Å². The van der Waals surface area contributed by atoms with E-state index in [-0.39, 0.29) is 6.04 Å². The van der Waals surface area contributed by atoms with E-state index in [0.29, 0.717) is 5.84 Å². The summed E-state index contributed by atoms with van der Waals surface area (Å²) in [5.41, 5.74) is 8.33. The van der Waals surface area contributed by atoms with E-state index in [1.54, 1.807) is 0 Å². The first-order valence-electron chi connectivity index (χ1n) is 7.18. The van der Waals surface area contributed by atoms with Crippen LogP contribution in [-0.4, -0.2) is 48.2 Å². The molecule has 1 aromatic carbocycles. The lowest BCUT2D eigenvalue weighted by molar-refractivity contribution is 0.216. The number of anilines is 1. The van der Waals surface area contributed by atoms with Gasteiger partial charge < -0.3 is 15.8 Å². The third-order valence-corrected chi connectivity index (χ3v) is 3.97. The summed E-state index contributed by atoms with van der Waals surface area (Å²) in [7, 11) is 0. The number of hydrogen-bond acceptors (Lipinski definition) is 4. The first-order valence-corrected chi connectivity index (χ1v) is 7.18. The van der Waals surface area contributed by atoms with Crippen molar-refractivity contribution in [3.8, 4) is 0 Å². The highest BCUT2D eigenvalue weighted by molar-refractivity contribution is 5.85. The maximum Gasteiger partial charge on any atom is 0.156 e. The molecule has 1 atom stereocenters. The van der Waals surface area contributed by atoms with Crippen molar-refractivity contribution in [2.75, 3.05) is 31.1 Å². The van der Waals surface area contributed by atoms with Crippen LogP contribution in [0.25, 0.3) is 0 Å². The molecule has 1 fully saturated rings. The monoisotopic (exact) mass is 276 g/mol. The maximum absolute atomic E-state index is 8.85. The highest BCUT2D eigenvalue weighted by Crippen LogP contribution is 2.19. The van der Waals surface area contributed by atoms with E-state index in [9.17, 15) is 0 Å². The Labute approximate surface area is 120 Å². The minimum atomic E-state index is 0.0414. The third-order valence-electron chi connectivity index (χ3n) is 3.97. The Morgan fingerprint density at radius 1 is 1.35 bits per heavy atom. The van der Waals surface area contributed by atoms with E-state index in [0.717, 1.165) is 32.6 Å². The fourth-order valence-electron chi connectivity index (χ4n) is 2.84. The topological polar surface area (TPSA) is 65.1 Å². The zero-order chi connectivity index (χ0) is 14.5. The Kier molecular flexibility index (Phi) is 4.84. The summed E-state index contributed by atoms with van der Waals surface area (Å²) in [6.07, 6.45) is 0.861. The summed E-state index contributed by atoms with van der Waals surface area (Å²) < 4.78 is 0. The van der Waals surface area contributed by atoms with Gasteiger partial charge in [0.25, 0.3) is 0 Å². The second kappa shape index (κ2) is 6.61. The Hall–Kier alpha value is -1.75.